The number of ether oxygens (including phenoxy) is 3. The van der Waals surface area contributed by atoms with E-state index in [0.29, 0.717) is 0 Å². The van der Waals surface area contributed by atoms with E-state index in [1.54, 1.807) is 21.3 Å². The third kappa shape index (κ3) is 2.86. The van der Waals surface area contributed by atoms with Crippen LogP contribution in [0.5, 0.6) is 17.2 Å². The Kier molecular flexibility index (Phi) is 4.48. The van der Waals surface area contributed by atoms with Crippen LogP contribution in [0.15, 0.2) is 42.5 Å². The Morgan fingerprint density at radius 1 is 0.800 bits per heavy atom. The van der Waals surface area contributed by atoms with E-state index >= 15 is 0 Å². The summed E-state index contributed by atoms with van der Waals surface area (Å²) in [5, 5.41) is 0. The molecule has 2 aromatic carbocycles. The molecular weight excluding hydrogens is 254 g/mol. The lowest BCUT2D eigenvalue weighted by atomic mass is 9.98. The monoisotopic (exact) mass is 273 g/mol. The minimum absolute atomic E-state index is 0.286. The molecular formula is C16H19NO3. The van der Waals surface area contributed by atoms with Crippen LogP contribution in [0.3, 0.4) is 0 Å². The summed E-state index contributed by atoms with van der Waals surface area (Å²) in [7, 11) is 4.90. The van der Waals surface area contributed by atoms with Gasteiger partial charge in [0.2, 0.25) is 0 Å². The van der Waals surface area contributed by atoms with Gasteiger partial charge in [0.25, 0.3) is 0 Å². The summed E-state index contributed by atoms with van der Waals surface area (Å²) in [6.07, 6.45) is 0. The molecule has 0 radical (unpaired) electrons. The second-order valence-corrected chi connectivity index (χ2v) is 4.36. The van der Waals surface area contributed by atoms with E-state index < -0.39 is 0 Å². The average molecular weight is 273 g/mol. The van der Waals surface area contributed by atoms with Crippen molar-refractivity contribution in [1.82, 2.24) is 0 Å². The van der Waals surface area contributed by atoms with Gasteiger partial charge in [-0.2, -0.15) is 0 Å². The lowest BCUT2D eigenvalue weighted by Gasteiger charge is -2.17. The van der Waals surface area contributed by atoms with E-state index in [1.165, 1.54) is 0 Å². The van der Waals surface area contributed by atoms with Gasteiger partial charge >= 0.3 is 0 Å². The molecule has 4 heteroatoms. The molecule has 4 nitrogen and oxygen atoms in total. The van der Waals surface area contributed by atoms with Gasteiger partial charge in [0, 0.05) is 5.56 Å². The molecule has 0 aromatic heterocycles. The Morgan fingerprint density at radius 2 is 1.40 bits per heavy atom. The number of nitrogens with two attached hydrogens (primary N) is 1. The van der Waals surface area contributed by atoms with Crippen molar-refractivity contribution in [2.24, 2.45) is 5.73 Å². The van der Waals surface area contributed by atoms with E-state index in [4.69, 9.17) is 19.9 Å². The molecule has 20 heavy (non-hydrogen) atoms. The van der Waals surface area contributed by atoms with Crippen molar-refractivity contribution >= 4 is 0 Å². The molecule has 2 N–H and O–H groups in total. The molecule has 106 valence electrons. The molecule has 0 saturated heterocycles. The number of hydrogen-bond acceptors (Lipinski definition) is 4. The highest BCUT2D eigenvalue weighted by Gasteiger charge is 2.15. The summed E-state index contributed by atoms with van der Waals surface area (Å²) in [5.41, 5.74) is 8.20. The molecule has 0 bridgehead atoms. The smallest absolute Gasteiger partial charge is 0.124 e. The van der Waals surface area contributed by atoms with Crippen molar-refractivity contribution in [3.8, 4) is 17.2 Å². The van der Waals surface area contributed by atoms with Crippen molar-refractivity contribution in [2.45, 2.75) is 6.04 Å². The van der Waals surface area contributed by atoms with E-state index in [0.717, 1.165) is 28.4 Å². The Morgan fingerprint density at radius 3 is 1.95 bits per heavy atom. The van der Waals surface area contributed by atoms with Gasteiger partial charge in [-0.15, -0.1) is 0 Å². The predicted molar refractivity (Wildman–Crippen MR) is 78.6 cm³/mol. The topological polar surface area (TPSA) is 53.7 Å². The fourth-order valence-corrected chi connectivity index (χ4v) is 2.07. The summed E-state index contributed by atoms with van der Waals surface area (Å²) < 4.78 is 15.8. The molecule has 0 fully saturated rings. The highest BCUT2D eigenvalue weighted by atomic mass is 16.5. The number of rotatable bonds is 5. The van der Waals surface area contributed by atoms with Crippen LogP contribution in [0.25, 0.3) is 0 Å². The van der Waals surface area contributed by atoms with E-state index in [-0.39, 0.29) is 6.04 Å². The fourth-order valence-electron chi connectivity index (χ4n) is 2.07. The minimum atomic E-state index is -0.286. The van der Waals surface area contributed by atoms with Crippen molar-refractivity contribution in [2.75, 3.05) is 21.3 Å². The summed E-state index contributed by atoms with van der Waals surface area (Å²) in [6, 6.07) is 13.0. The standard InChI is InChI=1S/C16H19NO3/c1-18-12-6-4-11(5-7-12)16(17)14-10-13(19-2)8-9-15(14)20-3/h4-10,16H,17H2,1-3H3. The van der Waals surface area contributed by atoms with Gasteiger partial charge in [0.05, 0.1) is 27.4 Å². The zero-order valence-electron chi connectivity index (χ0n) is 11.9. The molecule has 0 heterocycles. The van der Waals surface area contributed by atoms with Crippen LogP contribution in [-0.2, 0) is 0 Å². The number of methoxy groups -OCH3 is 3. The highest BCUT2D eigenvalue weighted by molar-refractivity contribution is 5.46. The van der Waals surface area contributed by atoms with E-state index in [2.05, 4.69) is 0 Å². The van der Waals surface area contributed by atoms with Crippen molar-refractivity contribution in [1.29, 1.82) is 0 Å². The molecule has 1 unspecified atom stereocenters. The van der Waals surface area contributed by atoms with Crippen molar-refractivity contribution < 1.29 is 14.2 Å². The van der Waals surface area contributed by atoms with Gasteiger partial charge in [-0.3, -0.25) is 0 Å². The third-order valence-electron chi connectivity index (χ3n) is 3.25. The first kappa shape index (κ1) is 14.2. The first-order valence-corrected chi connectivity index (χ1v) is 6.31. The summed E-state index contributed by atoms with van der Waals surface area (Å²) in [4.78, 5) is 0. The van der Waals surface area contributed by atoms with Gasteiger partial charge in [-0.25, -0.2) is 0 Å². The van der Waals surface area contributed by atoms with Crippen LogP contribution < -0.4 is 19.9 Å². The predicted octanol–water partition coefficient (Wildman–Crippen LogP) is 2.76. The molecule has 0 aliphatic rings. The van der Waals surface area contributed by atoms with Crippen LogP contribution in [0.4, 0.5) is 0 Å². The van der Waals surface area contributed by atoms with Gasteiger partial charge in [0.15, 0.2) is 0 Å². The number of hydrogen-bond donors (Lipinski definition) is 1. The van der Waals surface area contributed by atoms with Gasteiger partial charge < -0.3 is 19.9 Å². The second-order valence-electron chi connectivity index (χ2n) is 4.36. The molecule has 0 saturated carbocycles. The normalized spacial score (nSPS) is 11.8. The maximum Gasteiger partial charge on any atom is 0.124 e. The largest absolute Gasteiger partial charge is 0.497 e. The fraction of sp³-hybridized carbons (Fsp3) is 0.250. The average Bonchev–Trinajstić information content (AvgIpc) is 2.53. The molecule has 0 aliphatic heterocycles. The zero-order chi connectivity index (χ0) is 14.5. The molecule has 1 atom stereocenters. The Labute approximate surface area is 119 Å². The lowest BCUT2D eigenvalue weighted by molar-refractivity contribution is 0.397. The minimum Gasteiger partial charge on any atom is -0.497 e. The third-order valence-corrected chi connectivity index (χ3v) is 3.25. The van der Waals surface area contributed by atoms with Crippen molar-refractivity contribution in [3.05, 3.63) is 53.6 Å². The lowest BCUT2D eigenvalue weighted by Crippen LogP contribution is -2.13. The quantitative estimate of drug-likeness (QED) is 0.910. The Hall–Kier alpha value is -2.20. The maximum atomic E-state index is 6.33. The molecule has 0 spiro atoms. The summed E-state index contributed by atoms with van der Waals surface area (Å²) >= 11 is 0. The highest BCUT2D eigenvalue weighted by Crippen LogP contribution is 2.32. The van der Waals surface area contributed by atoms with Crippen LogP contribution >= 0.6 is 0 Å². The van der Waals surface area contributed by atoms with E-state index in [9.17, 15) is 0 Å². The van der Waals surface area contributed by atoms with E-state index in [1.807, 2.05) is 42.5 Å². The molecule has 0 amide bonds. The zero-order valence-corrected chi connectivity index (χ0v) is 11.9. The molecule has 2 aromatic rings. The number of benzene rings is 2. The van der Waals surface area contributed by atoms with Gasteiger partial charge in [-0.1, -0.05) is 12.1 Å². The Bertz CT molecular complexity index is 566. The van der Waals surface area contributed by atoms with Crippen molar-refractivity contribution in [3.63, 3.8) is 0 Å². The first-order chi connectivity index (χ1) is 9.69. The Balaban J connectivity index is 2.37. The first-order valence-electron chi connectivity index (χ1n) is 6.31. The van der Waals surface area contributed by atoms with Gasteiger partial charge in [-0.05, 0) is 35.9 Å². The van der Waals surface area contributed by atoms with Crippen LogP contribution in [-0.4, -0.2) is 21.3 Å². The molecule has 2 rings (SSSR count). The SMILES string of the molecule is COc1ccc(C(N)c2cc(OC)ccc2OC)cc1. The summed E-state index contributed by atoms with van der Waals surface area (Å²) in [5.74, 6) is 2.30. The summed E-state index contributed by atoms with van der Waals surface area (Å²) in [6.45, 7) is 0. The maximum absolute atomic E-state index is 6.33. The van der Waals surface area contributed by atoms with Crippen LogP contribution in [0, 0.1) is 0 Å². The van der Waals surface area contributed by atoms with Gasteiger partial charge in [0.1, 0.15) is 17.2 Å². The van der Waals surface area contributed by atoms with Crippen LogP contribution in [0.1, 0.15) is 17.2 Å². The van der Waals surface area contributed by atoms with Crippen LogP contribution in [0.2, 0.25) is 0 Å². The second kappa shape index (κ2) is 6.30. The molecule has 0 aliphatic carbocycles.